The van der Waals surface area contributed by atoms with Crippen LogP contribution in [0.25, 0.3) is 10.9 Å². The molecule has 1 aliphatic rings. The fourth-order valence-corrected chi connectivity index (χ4v) is 3.61. The van der Waals surface area contributed by atoms with Crippen LogP contribution < -0.4 is 0 Å². The van der Waals surface area contributed by atoms with E-state index in [1.807, 2.05) is 0 Å². The number of H-pyrrole nitrogens is 1. The zero-order valence-electron chi connectivity index (χ0n) is 13.9. The molecule has 2 N–H and O–H groups in total. The second-order valence-electron chi connectivity index (χ2n) is 5.82. The van der Waals surface area contributed by atoms with Crippen LogP contribution in [0, 0.1) is 0 Å². The number of aryl methyl sites for hydroxylation is 1. The van der Waals surface area contributed by atoms with Crippen molar-refractivity contribution in [3.63, 3.8) is 0 Å². The highest BCUT2D eigenvalue weighted by Gasteiger charge is 2.34. The monoisotopic (exact) mass is 367 g/mol. The van der Waals surface area contributed by atoms with E-state index in [9.17, 15) is 0 Å². The van der Waals surface area contributed by atoms with E-state index in [0.29, 0.717) is 0 Å². The van der Waals surface area contributed by atoms with Crippen molar-refractivity contribution in [2.24, 2.45) is 0 Å². The molecule has 1 aliphatic heterocycles. The first-order valence-corrected chi connectivity index (χ1v) is 8.88. The van der Waals surface area contributed by atoms with Crippen LogP contribution in [0.4, 0.5) is 0 Å². The Balaban J connectivity index is 0.000000545. The zero-order valence-corrected chi connectivity index (χ0v) is 15.5. The summed E-state index contributed by atoms with van der Waals surface area (Å²) in [5, 5.41) is 8.93. The van der Waals surface area contributed by atoms with Crippen LogP contribution in [-0.4, -0.2) is 23.3 Å². The Hall–Kier alpha value is -0.840. The van der Waals surface area contributed by atoms with E-state index < -0.39 is 0 Å². The fourth-order valence-electron chi connectivity index (χ4n) is 3.10. The summed E-state index contributed by atoms with van der Waals surface area (Å²) >= 11 is 3.64. The van der Waals surface area contributed by atoms with Crippen LogP contribution in [0.15, 0.2) is 16.6 Å². The Kier molecular flexibility index (Phi) is 5.70. The minimum absolute atomic E-state index is 0.163. The second-order valence-corrected chi connectivity index (χ2v) is 6.73. The molecule has 1 unspecified atom stereocenters. The molecule has 0 fully saturated rings. The zero-order chi connectivity index (χ0) is 16.3. The van der Waals surface area contributed by atoms with E-state index in [2.05, 4.69) is 53.8 Å². The predicted octanol–water partition coefficient (Wildman–Crippen LogP) is 4.69. The SMILES string of the molecule is CCO.CCc1cc(Br)cc2c3c([nH]c12)C(C)(CC)OCC3. The lowest BCUT2D eigenvalue weighted by Crippen LogP contribution is -2.31. The minimum atomic E-state index is -0.163. The normalized spacial score (nSPS) is 20.5. The van der Waals surface area contributed by atoms with Crippen LogP contribution in [0.1, 0.15) is 50.9 Å². The Bertz CT molecular complexity index is 650. The van der Waals surface area contributed by atoms with Crippen molar-refractivity contribution in [2.75, 3.05) is 13.2 Å². The van der Waals surface area contributed by atoms with Gasteiger partial charge in [0.2, 0.25) is 0 Å². The van der Waals surface area contributed by atoms with Gasteiger partial charge in [0.05, 0.1) is 12.3 Å². The summed E-state index contributed by atoms with van der Waals surface area (Å²) in [5.74, 6) is 0. The number of hydrogen-bond acceptors (Lipinski definition) is 2. The molecule has 2 aromatic rings. The van der Waals surface area contributed by atoms with Gasteiger partial charge in [0.15, 0.2) is 0 Å². The molecule has 3 nitrogen and oxygen atoms in total. The van der Waals surface area contributed by atoms with Crippen LogP contribution in [-0.2, 0) is 23.2 Å². The number of aromatic amines is 1. The summed E-state index contributed by atoms with van der Waals surface area (Å²) in [6.45, 7) is 9.34. The number of aromatic nitrogens is 1. The molecule has 0 saturated carbocycles. The van der Waals surface area contributed by atoms with Gasteiger partial charge >= 0.3 is 0 Å². The molecule has 0 spiro atoms. The van der Waals surface area contributed by atoms with Gasteiger partial charge in [-0.1, -0.05) is 29.8 Å². The highest BCUT2D eigenvalue weighted by atomic mass is 79.9. The highest BCUT2D eigenvalue weighted by molar-refractivity contribution is 9.10. The van der Waals surface area contributed by atoms with Gasteiger partial charge in [-0.2, -0.15) is 0 Å². The van der Waals surface area contributed by atoms with Crippen molar-refractivity contribution in [3.05, 3.63) is 33.4 Å². The van der Waals surface area contributed by atoms with Crippen molar-refractivity contribution in [2.45, 2.75) is 52.6 Å². The van der Waals surface area contributed by atoms with E-state index in [1.54, 1.807) is 6.92 Å². The topological polar surface area (TPSA) is 45.2 Å². The molecule has 0 amide bonds. The molecular weight excluding hydrogens is 342 g/mol. The molecule has 0 saturated heterocycles. The summed E-state index contributed by atoms with van der Waals surface area (Å²) in [6.07, 6.45) is 3.04. The molecular formula is C18H26BrNO2. The van der Waals surface area contributed by atoms with Crippen molar-refractivity contribution < 1.29 is 9.84 Å². The van der Waals surface area contributed by atoms with Gasteiger partial charge in [0.1, 0.15) is 5.60 Å². The van der Waals surface area contributed by atoms with E-state index in [4.69, 9.17) is 9.84 Å². The molecule has 0 aliphatic carbocycles. The number of fused-ring (bicyclic) bond motifs is 3. The molecule has 4 heteroatoms. The Morgan fingerprint density at radius 2 is 2.00 bits per heavy atom. The van der Waals surface area contributed by atoms with Gasteiger partial charge in [-0.15, -0.1) is 0 Å². The van der Waals surface area contributed by atoms with E-state index in [-0.39, 0.29) is 12.2 Å². The first-order chi connectivity index (χ1) is 10.5. The number of rotatable bonds is 2. The lowest BCUT2D eigenvalue weighted by atomic mass is 9.91. The lowest BCUT2D eigenvalue weighted by molar-refractivity contribution is -0.0513. The average Bonchev–Trinajstić information content (AvgIpc) is 2.88. The standard InChI is InChI=1S/C16H20BrNO.C2H6O/c1-4-10-8-11(17)9-13-12-6-7-19-16(3,5-2)15(12)18-14(10)13;1-2-3/h8-9,18H,4-7H2,1-3H3;3H,2H2,1H3. The number of hydrogen-bond donors (Lipinski definition) is 2. The van der Waals surface area contributed by atoms with E-state index >= 15 is 0 Å². The van der Waals surface area contributed by atoms with Crippen molar-refractivity contribution >= 4 is 26.8 Å². The molecule has 122 valence electrons. The predicted molar refractivity (Wildman–Crippen MR) is 95.4 cm³/mol. The van der Waals surface area contributed by atoms with Crippen LogP contribution in [0.2, 0.25) is 0 Å². The largest absolute Gasteiger partial charge is 0.397 e. The highest BCUT2D eigenvalue weighted by Crippen LogP contribution is 2.40. The number of ether oxygens (including phenoxy) is 1. The van der Waals surface area contributed by atoms with E-state index in [1.165, 1.54) is 32.2 Å². The van der Waals surface area contributed by atoms with Gasteiger partial charge in [0.25, 0.3) is 0 Å². The molecule has 0 bridgehead atoms. The lowest BCUT2D eigenvalue weighted by Gasteiger charge is -2.33. The number of halogens is 1. The molecule has 1 aromatic carbocycles. The van der Waals surface area contributed by atoms with Crippen molar-refractivity contribution in [1.29, 1.82) is 0 Å². The van der Waals surface area contributed by atoms with Crippen molar-refractivity contribution in [3.8, 4) is 0 Å². The maximum Gasteiger partial charge on any atom is 0.105 e. The molecule has 3 rings (SSSR count). The summed E-state index contributed by atoms with van der Waals surface area (Å²) in [5.41, 5.74) is 5.23. The van der Waals surface area contributed by atoms with Gasteiger partial charge in [-0.05, 0) is 56.4 Å². The van der Waals surface area contributed by atoms with Gasteiger partial charge < -0.3 is 14.8 Å². The number of nitrogens with one attached hydrogen (secondary N) is 1. The Labute approximate surface area is 141 Å². The third-order valence-corrected chi connectivity index (χ3v) is 4.88. The first-order valence-electron chi connectivity index (χ1n) is 8.08. The number of aliphatic hydroxyl groups is 1. The molecule has 22 heavy (non-hydrogen) atoms. The van der Waals surface area contributed by atoms with Gasteiger partial charge in [-0.25, -0.2) is 0 Å². The average molecular weight is 368 g/mol. The quantitative estimate of drug-likeness (QED) is 0.808. The summed E-state index contributed by atoms with van der Waals surface area (Å²) < 4.78 is 7.20. The number of aliphatic hydroxyl groups excluding tert-OH is 1. The second kappa shape index (κ2) is 7.16. The fraction of sp³-hybridized carbons (Fsp3) is 0.556. The third kappa shape index (κ3) is 3.10. The smallest absolute Gasteiger partial charge is 0.105 e. The minimum Gasteiger partial charge on any atom is -0.397 e. The van der Waals surface area contributed by atoms with Crippen LogP contribution in [0.3, 0.4) is 0 Å². The summed E-state index contributed by atoms with van der Waals surface area (Å²) in [4.78, 5) is 3.66. The van der Waals surface area contributed by atoms with Crippen molar-refractivity contribution in [1.82, 2.24) is 4.98 Å². The maximum atomic E-state index is 7.57. The first kappa shape index (κ1) is 17.5. The summed E-state index contributed by atoms with van der Waals surface area (Å²) in [7, 11) is 0. The van der Waals surface area contributed by atoms with Crippen LogP contribution >= 0.6 is 15.9 Å². The molecule has 2 heterocycles. The third-order valence-electron chi connectivity index (χ3n) is 4.42. The molecule has 1 aromatic heterocycles. The van der Waals surface area contributed by atoms with E-state index in [0.717, 1.165) is 25.9 Å². The number of benzene rings is 1. The maximum absolute atomic E-state index is 7.57. The Morgan fingerprint density at radius 1 is 1.32 bits per heavy atom. The molecule has 0 radical (unpaired) electrons. The molecule has 1 atom stereocenters. The summed E-state index contributed by atoms with van der Waals surface area (Å²) in [6, 6.07) is 4.46. The van der Waals surface area contributed by atoms with Gasteiger partial charge in [-0.3, -0.25) is 0 Å². The van der Waals surface area contributed by atoms with Gasteiger partial charge in [0, 0.05) is 22.0 Å². The Morgan fingerprint density at radius 3 is 2.59 bits per heavy atom. The van der Waals surface area contributed by atoms with Crippen LogP contribution in [0.5, 0.6) is 0 Å².